The van der Waals surface area contributed by atoms with Crippen LogP contribution in [0, 0.1) is 5.41 Å². The van der Waals surface area contributed by atoms with Crippen LogP contribution in [0.2, 0.25) is 0 Å². The average molecular weight is 235 g/mol. The first-order valence-electron chi connectivity index (χ1n) is 4.28. The van der Waals surface area contributed by atoms with Crippen LogP contribution in [0.25, 0.3) is 0 Å². The molecule has 0 saturated carbocycles. The quantitative estimate of drug-likeness (QED) is 0.241. The topological polar surface area (TPSA) is 58.2 Å². The number of rotatable bonds is 2. The van der Waals surface area contributed by atoms with Gasteiger partial charge >= 0.3 is 29.6 Å². The van der Waals surface area contributed by atoms with Crippen molar-refractivity contribution in [3.8, 4) is 0 Å². The minimum atomic E-state index is -1.16. The van der Waals surface area contributed by atoms with Gasteiger partial charge in [-0.05, 0) is 25.6 Å². The molecule has 2 N–H and O–H groups in total. The Kier molecular flexibility index (Phi) is 5.13. The first-order chi connectivity index (χ1) is 6.45. The van der Waals surface area contributed by atoms with Crippen LogP contribution in [0.5, 0.6) is 0 Å². The average Bonchev–Trinajstić information content (AvgIpc) is 2.03. The molecule has 1 fully saturated rings. The van der Waals surface area contributed by atoms with Gasteiger partial charge in [-0.25, -0.2) is 0 Å². The molecule has 0 aliphatic carbocycles. The molecule has 0 aromatic heterocycles. The Morgan fingerprint density at radius 1 is 1.40 bits per heavy atom. The van der Waals surface area contributed by atoms with E-state index >= 15 is 0 Å². The molecule has 0 atom stereocenters. The summed E-state index contributed by atoms with van der Waals surface area (Å²) in [5.74, 6) is -0.775. The van der Waals surface area contributed by atoms with Gasteiger partial charge in [0.05, 0.1) is 0 Å². The Hall–Kier alpha value is -0.230. The van der Waals surface area contributed by atoms with Gasteiger partial charge in [0.2, 0.25) is 11.8 Å². The Bertz CT molecular complexity index is 321. The molecule has 1 aliphatic rings. The van der Waals surface area contributed by atoms with Crippen LogP contribution < -0.4 is 40.2 Å². The van der Waals surface area contributed by atoms with Gasteiger partial charge in [0, 0.05) is 0 Å². The second-order valence-electron chi connectivity index (χ2n) is 3.28. The first-order valence-corrected chi connectivity index (χ1v) is 4.68. The van der Waals surface area contributed by atoms with E-state index in [-0.39, 0.29) is 46.5 Å². The summed E-state index contributed by atoms with van der Waals surface area (Å²) in [5.41, 5.74) is -0.639. The molecule has 0 aromatic rings. The predicted molar refractivity (Wildman–Crippen MR) is 56.4 cm³/mol. The maximum absolute atomic E-state index is 11.7. The van der Waals surface area contributed by atoms with Crippen molar-refractivity contribution in [2.75, 3.05) is 0 Å². The Labute approximate surface area is 116 Å². The third-order valence-electron chi connectivity index (χ3n) is 2.49. The fourth-order valence-corrected chi connectivity index (χ4v) is 1.75. The van der Waals surface area contributed by atoms with Crippen LogP contribution in [0.3, 0.4) is 0 Å². The maximum atomic E-state index is 11.7. The third kappa shape index (κ3) is 2.30. The number of carbonyl (C=O) groups is 2. The molecule has 76 valence electrons. The molecule has 15 heavy (non-hydrogen) atoms. The maximum Gasteiger partial charge on any atom is 1.00 e. The minimum Gasteiger partial charge on any atom is -0.302 e. The van der Waals surface area contributed by atoms with E-state index in [0.717, 1.165) is 0 Å². The molecule has 0 unspecified atom stereocenters. The van der Waals surface area contributed by atoms with Crippen molar-refractivity contribution in [2.24, 2.45) is 5.41 Å². The monoisotopic (exact) mass is 235 g/mol. The van der Waals surface area contributed by atoms with Crippen LogP contribution >= 0.6 is 12.2 Å². The SMILES string of the molecule is C=C(C)C1(CC)C(=O)NC(=S)NC1=O.[Na+]. The first kappa shape index (κ1) is 14.8. The van der Waals surface area contributed by atoms with E-state index in [9.17, 15) is 9.59 Å². The van der Waals surface area contributed by atoms with Gasteiger partial charge in [0.25, 0.3) is 0 Å². The molecule has 0 spiro atoms. The van der Waals surface area contributed by atoms with Gasteiger partial charge in [0.15, 0.2) is 5.11 Å². The normalized spacial score (nSPS) is 18.7. The molecule has 4 nitrogen and oxygen atoms in total. The number of amides is 2. The Morgan fingerprint density at radius 2 is 1.80 bits per heavy atom. The van der Waals surface area contributed by atoms with Crippen LogP contribution in [-0.2, 0) is 9.59 Å². The zero-order valence-electron chi connectivity index (χ0n) is 9.14. The van der Waals surface area contributed by atoms with Gasteiger partial charge in [-0.15, -0.1) is 0 Å². The molecular formula is C9H12N2NaO2S+. The van der Waals surface area contributed by atoms with E-state index in [0.29, 0.717) is 12.0 Å². The van der Waals surface area contributed by atoms with Crippen molar-refractivity contribution in [2.45, 2.75) is 20.3 Å². The summed E-state index contributed by atoms with van der Waals surface area (Å²) in [5, 5.41) is 4.93. The van der Waals surface area contributed by atoms with E-state index < -0.39 is 5.41 Å². The van der Waals surface area contributed by atoms with Crippen LogP contribution in [0.15, 0.2) is 12.2 Å². The number of carbonyl (C=O) groups excluding carboxylic acids is 2. The summed E-state index contributed by atoms with van der Waals surface area (Å²) < 4.78 is 0. The van der Waals surface area contributed by atoms with E-state index in [4.69, 9.17) is 12.2 Å². The van der Waals surface area contributed by atoms with Gasteiger partial charge in [-0.1, -0.05) is 19.1 Å². The summed E-state index contributed by atoms with van der Waals surface area (Å²) >= 11 is 4.70. The molecule has 1 heterocycles. The number of hydrogen-bond acceptors (Lipinski definition) is 3. The summed E-state index contributed by atoms with van der Waals surface area (Å²) in [6, 6.07) is 0. The fourth-order valence-electron chi connectivity index (χ4n) is 1.56. The molecule has 1 rings (SSSR count). The third-order valence-corrected chi connectivity index (χ3v) is 2.69. The molecule has 1 saturated heterocycles. The van der Waals surface area contributed by atoms with Crippen LogP contribution in [0.4, 0.5) is 0 Å². The van der Waals surface area contributed by atoms with E-state index in [1.807, 2.05) is 0 Å². The molecular weight excluding hydrogens is 223 g/mol. The Balaban J connectivity index is 0.00000196. The molecule has 0 radical (unpaired) electrons. The van der Waals surface area contributed by atoms with Gasteiger partial charge in [0.1, 0.15) is 5.41 Å². The second-order valence-corrected chi connectivity index (χ2v) is 3.68. The Morgan fingerprint density at radius 3 is 2.07 bits per heavy atom. The minimum absolute atomic E-state index is 0. The largest absolute Gasteiger partial charge is 1.00 e. The summed E-state index contributed by atoms with van der Waals surface area (Å²) in [4.78, 5) is 23.4. The van der Waals surface area contributed by atoms with E-state index in [1.165, 1.54) is 0 Å². The van der Waals surface area contributed by atoms with Crippen LogP contribution in [0.1, 0.15) is 20.3 Å². The summed E-state index contributed by atoms with van der Waals surface area (Å²) in [6.45, 7) is 7.11. The van der Waals surface area contributed by atoms with E-state index in [1.54, 1.807) is 13.8 Å². The standard InChI is InChI=1S/C9H12N2O2S.Na/c1-4-9(5(2)3)6(12)10-8(14)11-7(9)13;/h2,4H2,1,3H3,(H2,10,11,12,13,14);/q;+1. The molecule has 0 bridgehead atoms. The molecule has 0 aromatic carbocycles. The van der Waals surface area contributed by atoms with Crippen molar-refractivity contribution >= 4 is 29.1 Å². The zero-order valence-corrected chi connectivity index (χ0v) is 12.0. The molecule has 2 amide bonds. The van der Waals surface area contributed by atoms with Crippen molar-refractivity contribution in [3.05, 3.63) is 12.2 Å². The number of nitrogens with one attached hydrogen (secondary N) is 2. The predicted octanol–water partition coefficient (Wildman–Crippen LogP) is -2.51. The second kappa shape index (κ2) is 5.21. The van der Waals surface area contributed by atoms with Gasteiger partial charge in [-0.2, -0.15) is 0 Å². The van der Waals surface area contributed by atoms with Gasteiger partial charge in [-0.3, -0.25) is 9.59 Å². The van der Waals surface area contributed by atoms with Gasteiger partial charge < -0.3 is 10.6 Å². The van der Waals surface area contributed by atoms with E-state index in [2.05, 4.69) is 17.2 Å². The van der Waals surface area contributed by atoms with Crippen LogP contribution in [-0.4, -0.2) is 16.9 Å². The smallest absolute Gasteiger partial charge is 0.302 e. The van der Waals surface area contributed by atoms with Crippen molar-refractivity contribution in [1.29, 1.82) is 0 Å². The van der Waals surface area contributed by atoms with Crippen molar-refractivity contribution in [3.63, 3.8) is 0 Å². The molecule has 1 aliphatic heterocycles. The summed E-state index contributed by atoms with van der Waals surface area (Å²) in [7, 11) is 0. The molecule has 6 heteroatoms. The number of thiocarbonyl (C=S) groups is 1. The number of hydrogen-bond donors (Lipinski definition) is 2. The summed E-state index contributed by atoms with van der Waals surface area (Å²) in [6.07, 6.45) is 0.378. The van der Waals surface area contributed by atoms with Crippen molar-refractivity contribution < 1.29 is 39.1 Å². The fraction of sp³-hybridized carbons (Fsp3) is 0.444. The zero-order chi connectivity index (χ0) is 10.9. The van der Waals surface area contributed by atoms with Crippen molar-refractivity contribution in [1.82, 2.24) is 10.6 Å².